The zero-order chi connectivity index (χ0) is 10.8. The molecule has 2 rings (SSSR count). The third kappa shape index (κ3) is 2.08. The number of aromatic nitrogens is 3. The molecule has 0 bridgehead atoms. The van der Waals surface area contributed by atoms with Gasteiger partial charge in [0.05, 0.1) is 17.6 Å². The molecule has 2 aromatic rings. The second-order valence-corrected chi connectivity index (χ2v) is 4.21. The second-order valence-electron chi connectivity index (χ2n) is 3.29. The highest BCUT2D eigenvalue weighted by Crippen LogP contribution is 2.18. The molecule has 0 aliphatic heterocycles. The van der Waals surface area contributed by atoms with Gasteiger partial charge in [0, 0.05) is 11.0 Å². The average Bonchev–Trinajstić information content (AvgIpc) is 2.66. The van der Waals surface area contributed by atoms with Crippen molar-refractivity contribution in [3.63, 3.8) is 0 Å². The lowest BCUT2D eigenvalue weighted by atomic mass is 10.2. The van der Waals surface area contributed by atoms with Crippen molar-refractivity contribution in [2.75, 3.05) is 0 Å². The van der Waals surface area contributed by atoms with E-state index in [0.29, 0.717) is 6.54 Å². The summed E-state index contributed by atoms with van der Waals surface area (Å²) in [6, 6.07) is 6.01. The van der Waals surface area contributed by atoms with E-state index in [0.717, 1.165) is 21.4 Å². The molecule has 1 aromatic heterocycles. The average molecular weight is 267 g/mol. The molecule has 4 nitrogen and oxygen atoms in total. The molecule has 0 fully saturated rings. The molecule has 1 aromatic carbocycles. The minimum Gasteiger partial charge on any atom is -0.325 e. The largest absolute Gasteiger partial charge is 0.325 e. The van der Waals surface area contributed by atoms with Crippen LogP contribution in [0.1, 0.15) is 11.3 Å². The fourth-order valence-corrected chi connectivity index (χ4v) is 1.86. The van der Waals surface area contributed by atoms with Crippen LogP contribution in [-0.2, 0) is 6.54 Å². The Labute approximate surface area is 96.2 Å². The van der Waals surface area contributed by atoms with E-state index >= 15 is 0 Å². The van der Waals surface area contributed by atoms with Crippen molar-refractivity contribution >= 4 is 15.9 Å². The number of nitrogens with two attached hydrogens (primary N) is 1. The number of benzene rings is 1. The first-order chi connectivity index (χ1) is 7.20. The predicted molar refractivity (Wildman–Crippen MR) is 61.7 cm³/mol. The van der Waals surface area contributed by atoms with Crippen LogP contribution in [0.3, 0.4) is 0 Å². The zero-order valence-corrected chi connectivity index (χ0v) is 9.90. The Morgan fingerprint density at radius 2 is 2.27 bits per heavy atom. The highest BCUT2D eigenvalue weighted by atomic mass is 79.9. The molecule has 0 radical (unpaired) electrons. The molecule has 0 saturated heterocycles. The van der Waals surface area contributed by atoms with Crippen LogP contribution in [-0.4, -0.2) is 15.0 Å². The van der Waals surface area contributed by atoms with Gasteiger partial charge in [0.1, 0.15) is 0 Å². The summed E-state index contributed by atoms with van der Waals surface area (Å²) in [6.07, 6.45) is 1.84. The maximum absolute atomic E-state index is 5.48. The van der Waals surface area contributed by atoms with Crippen molar-refractivity contribution in [2.24, 2.45) is 5.73 Å². The summed E-state index contributed by atoms with van der Waals surface area (Å²) in [6.45, 7) is 2.44. The van der Waals surface area contributed by atoms with Crippen molar-refractivity contribution in [2.45, 2.75) is 13.5 Å². The number of hydrogen-bond acceptors (Lipinski definition) is 3. The van der Waals surface area contributed by atoms with Crippen LogP contribution in [0.5, 0.6) is 0 Å². The maximum atomic E-state index is 5.48. The molecule has 0 saturated carbocycles. The first-order valence-electron chi connectivity index (χ1n) is 4.58. The SMILES string of the molecule is Cc1cc(Br)ccc1-n1cc(CN)nn1. The van der Waals surface area contributed by atoms with Gasteiger partial charge in [-0.25, -0.2) is 4.68 Å². The van der Waals surface area contributed by atoms with Crippen LogP contribution in [0.4, 0.5) is 0 Å². The minimum absolute atomic E-state index is 0.412. The first kappa shape index (κ1) is 10.3. The van der Waals surface area contributed by atoms with Gasteiger partial charge in [0.2, 0.25) is 0 Å². The Kier molecular flexibility index (Phi) is 2.83. The molecular weight excluding hydrogens is 256 g/mol. The fourth-order valence-electron chi connectivity index (χ4n) is 1.39. The standard InChI is InChI=1S/C10H11BrN4/c1-7-4-8(11)2-3-10(7)15-6-9(5-12)13-14-15/h2-4,6H,5,12H2,1H3. The Hall–Kier alpha value is -1.20. The molecule has 0 unspecified atom stereocenters. The number of nitrogens with zero attached hydrogens (tertiary/aromatic N) is 3. The predicted octanol–water partition coefficient (Wildman–Crippen LogP) is 1.80. The lowest BCUT2D eigenvalue weighted by Crippen LogP contribution is -1.97. The molecule has 0 atom stereocenters. The van der Waals surface area contributed by atoms with Crippen molar-refractivity contribution in [1.29, 1.82) is 0 Å². The normalized spacial score (nSPS) is 10.6. The Morgan fingerprint density at radius 3 is 2.87 bits per heavy atom. The summed E-state index contributed by atoms with van der Waals surface area (Å²) in [5, 5.41) is 7.97. The maximum Gasteiger partial charge on any atom is 0.0967 e. The molecule has 15 heavy (non-hydrogen) atoms. The number of hydrogen-bond donors (Lipinski definition) is 1. The van der Waals surface area contributed by atoms with Gasteiger partial charge in [-0.3, -0.25) is 0 Å². The quantitative estimate of drug-likeness (QED) is 0.902. The minimum atomic E-state index is 0.412. The van der Waals surface area contributed by atoms with E-state index in [1.54, 1.807) is 4.68 Å². The van der Waals surface area contributed by atoms with Crippen molar-refractivity contribution in [3.05, 3.63) is 40.1 Å². The van der Waals surface area contributed by atoms with Crippen LogP contribution in [0.2, 0.25) is 0 Å². The third-order valence-corrected chi connectivity index (χ3v) is 2.65. The molecule has 0 aliphatic carbocycles. The van der Waals surface area contributed by atoms with Gasteiger partial charge in [-0.05, 0) is 30.7 Å². The van der Waals surface area contributed by atoms with E-state index in [2.05, 4.69) is 26.2 Å². The summed E-state index contributed by atoms with van der Waals surface area (Å²) >= 11 is 3.42. The van der Waals surface area contributed by atoms with E-state index in [-0.39, 0.29) is 0 Å². The number of halogens is 1. The molecule has 0 amide bonds. The van der Waals surface area contributed by atoms with E-state index in [9.17, 15) is 0 Å². The van der Waals surface area contributed by atoms with Gasteiger partial charge in [0.15, 0.2) is 0 Å². The summed E-state index contributed by atoms with van der Waals surface area (Å²) in [5.41, 5.74) is 8.43. The smallest absolute Gasteiger partial charge is 0.0967 e. The van der Waals surface area contributed by atoms with Crippen LogP contribution in [0, 0.1) is 6.92 Å². The molecule has 1 heterocycles. The van der Waals surface area contributed by atoms with Gasteiger partial charge in [-0.2, -0.15) is 0 Å². The Morgan fingerprint density at radius 1 is 1.47 bits per heavy atom. The summed E-state index contributed by atoms with van der Waals surface area (Å²) in [7, 11) is 0. The zero-order valence-electron chi connectivity index (χ0n) is 8.31. The van der Waals surface area contributed by atoms with Gasteiger partial charge in [0.25, 0.3) is 0 Å². The molecule has 5 heteroatoms. The first-order valence-corrected chi connectivity index (χ1v) is 5.38. The Bertz CT molecular complexity index is 478. The number of rotatable bonds is 2. The number of aryl methyl sites for hydroxylation is 1. The van der Waals surface area contributed by atoms with E-state index < -0.39 is 0 Å². The van der Waals surface area contributed by atoms with Gasteiger partial charge >= 0.3 is 0 Å². The second kappa shape index (κ2) is 4.12. The summed E-state index contributed by atoms with van der Waals surface area (Å²) in [4.78, 5) is 0. The molecule has 0 aliphatic rings. The van der Waals surface area contributed by atoms with Crippen molar-refractivity contribution in [3.8, 4) is 5.69 Å². The van der Waals surface area contributed by atoms with Crippen LogP contribution >= 0.6 is 15.9 Å². The monoisotopic (exact) mass is 266 g/mol. The van der Waals surface area contributed by atoms with Crippen LogP contribution in [0.25, 0.3) is 5.69 Å². The fraction of sp³-hybridized carbons (Fsp3) is 0.200. The molecule has 2 N–H and O–H groups in total. The van der Waals surface area contributed by atoms with Gasteiger partial charge in [-0.1, -0.05) is 21.1 Å². The third-order valence-electron chi connectivity index (χ3n) is 2.16. The van der Waals surface area contributed by atoms with Crippen molar-refractivity contribution in [1.82, 2.24) is 15.0 Å². The van der Waals surface area contributed by atoms with E-state index in [1.165, 1.54) is 0 Å². The van der Waals surface area contributed by atoms with Crippen LogP contribution in [0.15, 0.2) is 28.9 Å². The lowest BCUT2D eigenvalue weighted by Gasteiger charge is -2.04. The van der Waals surface area contributed by atoms with Crippen molar-refractivity contribution < 1.29 is 0 Å². The molecule has 0 spiro atoms. The summed E-state index contributed by atoms with van der Waals surface area (Å²) < 4.78 is 2.80. The van der Waals surface area contributed by atoms with Gasteiger partial charge in [-0.15, -0.1) is 5.10 Å². The highest BCUT2D eigenvalue weighted by Gasteiger charge is 2.04. The highest BCUT2D eigenvalue weighted by molar-refractivity contribution is 9.10. The van der Waals surface area contributed by atoms with Crippen LogP contribution < -0.4 is 5.73 Å². The van der Waals surface area contributed by atoms with E-state index in [1.807, 2.05) is 31.3 Å². The lowest BCUT2D eigenvalue weighted by molar-refractivity contribution is 0.792. The van der Waals surface area contributed by atoms with Gasteiger partial charge < -0.3 is 5.73 Å². The molecule has 78 valence electrons. The van der Waals surface area contributed by atoms with E-state index in [4.69, 9.17) is 5.73 Å². The summed E-state index contributed by atoms with van der Waals surface area (Å²) in [5.74, 6) is 0. The Balaban J connectivity index is 2.44. The topological polar surface area (TPSA) is 56.7 Å². The molecular formula is C10H11BrN4.